The van der Waals surface area contributed by atoms with Crippen LogP contribution < -0.4 is 0 Å². The topological polar surface area (TPSA) is 46.2 Å². The van der Waals surface area contributed by atoms with Gasteiger partial charge in [0.1, 0.15) is 0 Å². The Morgan fingerprint density at radius 3 is 1.84 bits per heavy atom. The van der Waals surface area contributed by atoms with E-state index in [0.29, 0.717) is 83.7 Å². The van der Waals surface area contributed by atoms with Crippen molar-refractivity contribution in [2.45, 2.75) is 83.1 Å². The Balaban J connectivity index is 1.04. The van der Waals surface area contributed by atoms with E-state index in [2.05, 4.69) is 6.92 Å². The van der Waals surface area contributed by atoms with Crippen LogP contribution in [0.15, 0.2) is 12.1 Å². The Labute approximate surface area is 220 Å². The Hall–Kier alpha value is -1.33. The summed E-state index contributed by atoms with van der Waals surface area (Å²) in [5.41, 5.74) is 0.0848. The fraction of sp³-hybridized carbons (Fsp3) is 0.786. The molecule has 0 bridgehead atoms. The highest BCUT2D eigenvalue weighted by Gasteiger charge is 2.46. The molecule has 0 spiro atoms. The maximum absolute atomic E-state index is 15.1. The van der Waals surface area contributed by atoms with Crippen LogP contribution in [0.2, 0.25) is 0 Å². The molecule has 4 fully saturated rings. The fourth-order valence-corrected chi connectivity index (χ4v) is 6.30. The lowest BCUT2D eigenvalue weighted by atomic mass is 9.78. The predicted octanol–water partition coefficient (Wildman–Crippen LogP) is 6.75. The molecule has 4 aliphatic rings. The van der Waals surface area contributed by atoms with Crippen molar-refractivity contribution in [1.29, 1.82) is 0 Å². The normalized spacial score (nSPS) is 37.2. The number of alkyl halides is 2. The van der Waals surface area contributed by atoms with Crippen molar-refractivity contribution in [3.63, 3.8) is 0 Å². The Bertz CT molecular complexity index is 893. The minimum atomic E-state index is -3.16. The third-order valence-electron chi connectivity index (χ3n) is 8.63. The van der Waals surface area contributed by atoms with Gasteiger partial charge in [0.05, 0.1) is 38.4 Å². The van der Waals surface area contributed by atoms with Crippen LogP contribution >= 0.6 is 0 Å². The highest BCUT2D eigenvalue weighted by atomic mass is 19.3. The molecule has 0 N–H and O–H groups in total. The summed E-state index contributed by atoms with van der Waals surface area (Å²) in [7, 11) is 0. The highest BCUT2D eigenvalue weighted by Crippen LogP contribution is 2.44. The van der Waals surface area contributed by atoms with Gasteiger partial charge in [0.15, 0.2) is 30.0 Å². The van der Waals surface area contributed by atoms with Crippen molar-refractivity contribution in [2.75, 3.05) is 26.4 Å². The van der Waals surface area contributed by atoms with Gasteiger partial charge in [0, 0.05) is 23.3 Å². The third kappa shape index (κ3) is 6.52. The zero-order chi connectivity index (χ0) is 26.9. The molecule has 0 atom stereocenters. The van der Waals surface area contributed by atoms with E-state index in [1.807, 2.05) is 0 Å². The minimum Gasteiger partial charge on any atom is -0.352 e. The maximum Gasteiger partial charge on any atom is 0.358 e. The first-order valence-electron chi connectivity index (χ1n) is 13.9. The molecule has 2 aliphatic carbocycles. The van der Waals surface area contributed by atoms with E-state index in [0.717, 1.165) is 12.1 Å². The summed E-state index contributed by atoms with van der Waals surface area (Å²) < 4.78 is 98.7. The van der Waals surface area contributed by atoms with Crippen LogP contribution in [0.5, 0.6) is 0 Å². The molecule has 5 rings (SSSR count). The Kier molecular flexibility index (Phi) is 8.94. The molecule has 0 radical (unpaired) electrons. The average molecular weight is 549 g/mol. The number of halogens is 5. The molecule has 0 aromatic heterocycles. The molecule has 5 nitrogen and oxygen atoms in total. The molecule has 1 aromatic rings. The second kappa shape index (κ2) is 12.0. The molecule has 2 saturated heterocycles. The lowest BCUT2D eigenvalue weighted by Gasteiger charge is -2.41. The second-order valence-corrected chi connectivity index (χ2v) is 11.5. The third-order valence-corrected chi connectivity index (χ3v) is 8.63. The lowest BCUT2D eigenvalue weighted by Crippen LogP contribution is -2.42. The van der Waals surface area contributed by atoms with E-state index in [9.17, 15) is 13.2 Å². The molecule has 10 heteroatoms. The molecule has 1 aromatic carbocycles. The van der Waals surface area contributed by atoms with Crippen molar-refractivity contribution in [3.05, 3.63) is 35.1 Å². The fourth-order valence-electron chi connectivity index (χ4n) is 6.30. The van der Waals surface area contributed by atoms with E-state index < -0.39 is 41.9 Å². The molecule has 0 unspecified atom stereocenters. The van der Waals surface area contributed by atoms with Gasteiger partial charge >= 0.3 is 6.11 Å². The molecular formula is C28H37F5O5. The molecule has 214 valence electrons. The first kappa shape index (κ1) is 28.2. The van der Waals surface area contributed by atoms with Crippen molar-refractivity contribution >= 4 is 0 Å². The summed E-state index contributed by atoms with van der Waals surface area (Å²) in [6.07, 6.45) is -0.320. The standard InChI is InChI=1S/C28H37F5O5/c1-16-12-34-26(35-13-16)18-2-6-21(7-3-18)28(32,33)38-22-8-4-17(5-9-22)20-14-36-27(37-15-20)19-10-23(29)25(31)24(30)11-19/h10-11,16-18,20-22,26-27H,2-9,12-15H2,1H3. The maximum atomic E-state index is 15.1. The minimum absolute atomic E-state index is 0.0466. The highest BCUT2D eigenvalue weighted by molar-refractivity contribution is 5.20. The van der Waals surface area contributed by atoms with E-state index in [1.54, 1.807) is 0 Å². The molecule has 0 amide bonds. The van der Waals surface area contributed by atoms with Gasteiger partial charge < -0.3 is 23.7 Å². The van der Waals surface area contributed by atoms with Gasteiger partial charge in [0.25, 0.3) is 0 Å². The van der Waals surface area contributed by atoms with Gasteiger partial charge in [-0.15, -0.1) is 0 Å². The molecule has 2 heterocycles. The van der Waals surface area contributed by atoms with Crippen molar-refractivity contribution in [1.82, 2.24) is 0 Å². The second-order valence-electron chi connectivity index (χ2n) is 11.5. The number of hydrogen-bond donors (Lipinski definition) is 0. The Morgan fingerprint density at radius 1 is 0.711 bits per heavy atom. The van der Waals surface area contributed by atoms with Gasteiger partial charge in [-0.2, -0.15) is 8.78 Å². The zero-order valence-electron chi connectivity index (χ0n) is 21.7. The number of ether oxygens (including phenoxy) is 5. The Morgan fingerprint density at radius 2 is 1.26 bits per heavy atom. The molecule has 38 heavy (non-hydrogen) atoms. The summed E-state index contributed by atoms with van der Waals surface area (Å²) in [5.74, 6) is -4.12. The quantitative estimate of drug-likeness (QED) is 0.291. The summed E-state index contributed by atoms with van der Waals surface area (Å²) in [6, 6.07) is 1.74. The van der Waals surface area contributed by atoms with E-state index in [4.69, 9.17) is 23.7 Å². The van der Waals surface area contributed by atoms with E-state index >= 15 is 8.78 Å². The number of hydrogen-bond acceptors (Lipinski definition) is 5. The van der Waals surface area contributed by atoms with E-state index in [-0.39, 0.29) is 29.6 Å². The van der Waals surface area contributed by atoms with Gasteiger partial charge in [-0.25, -0.2) is 13.2 Å². The van der Waals surface area contributed by atoms with E-state index in [1.165, 1.54) is 0 Å². The van der Waals surface area contributed by atoms with Gasteiger partial charge in [-0.3, -0.25) is 0 Å². The SMILES string of the molecule is CC1COC(C2CCC(C(F)(F)OC3CCC(C4COC(c5cc(F)c(F)c(F)c5)OC4)CC3)CC2)OC1. The smallest absolute Gasteiger partial charge is 0.352 e. The number of rotatable bonds is 6. The van der Waals surface area contributed by atoms with Crippen molar-refractivity contribution in [3.8, 4) is 0 Å². The van der Waals surface area contributed by atoms with Crippen LogP contribution in [0.4, 0.5) is 22.0 Å². The van der Waals surface area contributed by atoms with Gasteiger partial charge in [-0.05, 0) is 69.4 Å². The zero-order valence-corrected chi connectivity index (χ0v) is 21.7. The van der Waals surface area contributed by atoms with Crippen molar-refractivity contribution < 1.29 is 45.6 Å². The lowest BCUT2D eigenvalue weighted by molar-refractivity contribution is -0.306. The summed E-state index contributed by atoms with van der Waals surface area (Å²) in [5, 5.41) is 0. The molecule has 2 aliphatic heterocycles. The average Bonchev–Trinajstić information content (AvgIpc) is 2.92. The van der Waals surface area contributed by atoms with Gasteiger partial charge in [-0.1, -0.05) is 6.92 Å². The summed E-state index contributed by atoms with van der Waals surface area (Å²) in [6.45, 7) is 4.00. The van der Waals surface area contributed by atoms with Crippen LogP contribution in [-0.4, -0.2) is 44.9 Å². The molecular weight excluding hydrogens is 511 g/mol. The van der Waals surface area contributed by atoms with Crippen LogP contribution in [0.1, 0.15) is 70.1 Å². The van der Waals surface area contributed by atoms with Crippen LogP contribution in [0.25, 0.3) is 0 Å². The largest absolute Gasteiger partial charge is 0.358 e. The van der Waals surface area contributed by atoms with Crippen LogP contribution in [-0.2, 0) is 23.7 Å². The number of benzene rings is 1. The van der Waals surface area contributed by atoms with Crippen LogP contribution in [0, 0.1) is 47.0 Å². The summed E-state index contributed by atoms with van der Waals surface area (Å²) in [4.78, 5) is 0. The van der Waals surface area contributed by atoms with Crippen molar-refractivity contribution in [2.24, 2.45) is 29.6 Å². The first-order chi connectivity index (χ1) is 18.2. The predicted molar refractivity (Wildman–Crippen MR) is 127 cm³/mol. The monoisotopic (exact) mass is 548 g/mol. The summed E-state index contributed by atoms with van der Waals surface area (Å²) >= 11 is 0. The van der Waals surface area contributed by atoms with Gasteiger partial charge in [0.2, 0.25) is 0 Å². The first-order valence-corrected chi connectivity index (χ1v) is 13.9. The molecule has 2 saturated carbocycles. The van der Waals surface area contributed by atoms with Crippen LogP contribution in [0.3, 0.4) is 0 Å².